The summed E-state index contributed by atoms with van der Waals surface area (Å²) in [7, 11) is 0. The fraction of sp³-hybridized carbons (Fsp3) is 0.125. The van der Waals surface area contributed by atoms with Gasteiger partial charge in [0.15, 0.2) is 0 Å². The van der Waals surface area contributed by atoms with Crippen molar-refractivity contribution in [2.45, 2.75) is 6.92 Å². The Morgan fingerprint density at radius 2 is 2.45 bits per heavy atom. The summed E-state index contributed by atoms with van der Waals surface area (Å²) in [6.45, 7) is 2.01. The molecule has 0 unspecified atom stereocenters. The number of H-pyrrole nitrogens is 1. The van der Waals surface area contributed by atoms with Gasteiger partial charge >= 0.3 is 73.7 Å². The summed E-state index contributed by atoms with van der Waals surface area (Å²) < 4.78 is 3.25. The summed E-state index contributed by atoms with van der Waals surface area (Å²) in [4.78, 5) is 7.19. The second-order valence-corrected chi connectivity index (χ2v) is 3.71. The van der Waals surface area contributed by atoms with E-state index in [2.05, 4.69) is 20.7 Å². The molecule has 0 radical (unpaired) electrons. The molecule has 0 aliphatic heterocycles. The van der Waals surface area contributed by atoms with Gasteiger partial charge < -0.3 is 0 Å². The summed E-state index contributed by atoms with van der Waals surface area (Å²) in [6.07, 6.45) is 9.73. The minimum absolute atomic E-state index is 0.120. The zero-order valence-corrected chi connectivity index (χ0v) is 8.00. The van der Waals surface area contributed by atoms with Crippen molar-refractivity contribution < 1.29 is 17.1 Å². The molecular weight excluding hydrogens is 225 g/mol. The van der Waals surface area contributed by atoms with Crippen LogP contribution in [0.2, 0.25) is 0 Å². The van der Waals surface area contributed by atoms with Crippen molar-refractivity contribution in [3.8, 4) is 0 Å². The van der Waals surface area contributed by atoms with Crippen molar-refractivity contribution in [1.29, 1.82) is 0 Å². The van der Waals surface area contributed by atoms with Crippen LogP contribution in [0.3, 0.4) is 0 Å². The number of hydrogen-bond acceptors (Lipinski definition) is 1. The van der Waals surface area contributed by atoms with Gasteiger partial charge in [0.25, 0.3) is 0 Å². The standard InChI is InChI=1S/C5H7.C3H3N2.Ru/c1-3-5-4-2;1-2-5-3-4-1;/h1,3-5H,2H3;1-2H,(H,4,5);. The van der Waals surface area contributed by atoms with Gasteiger partial charge in [-0.1, -0.05) is 0 Å². The van der Waals surface area contributed by atoms with Gasteiger partial charge in [-0.05, 0) is 0 Å². The quantitative estimate of drug-likeness (QED) is 0.619. The molecule has 1 rings (SSSR count). The van der Waals surface area contributed by atoms with Crippen LogP contribution in [0.15, 0.2) is 35.3 Å². The van der Waals surface area contributed by atoms with Crippen LogP contribution >= 0.6 is 0 Å². The van der Waals surface area contributed by atoms with Gasteiger partial charge in [0.1, 0.15) is 0 Å². The summed E-state index contributed by atoms with van der Waals surface area (Å²) in [5.41, 5.74) is 0. The maximum atomic E-state index is 4.12. The molecule has 0 aliphatic rings. The Morgan fingerprint density at radius 1 is 1.55 bits per heavy atom. The van der Waals surface area contributed by atoms with E-state index in [0.29, 0.717) is 0 Å². The predicted molar refractivity (Wildman–Crippen MR) is 42.2 cm³/mol. The first-order chi connectivity index (χ1) is 5.43. The van der Waals surface area contributed by atoms with E-state index < -0.39 is 0 Å². The van der Waals surface area contributed by atoms with Gasteiger partial charge in [0.05, 0.1) is 0 Å². The number of allylic oxidation sites excluding steroid dienone is 3. The third kappa shape index (κ3) is 3.29. The fourth-order valence-corrected chi connectivity index (χ4v) is 1.72. The van der Waals surface area contributed by atoms with E-state index >= 15 is 0 Å². The molecule has 0 amide bonds. The van der Waals surface area contributed by atoms with E-state index in [0.717, 1.165) is 4.42 Å². The number of hydrogen-bond donors (Lipinski definition) is 1. The summed E-state index contributed by atoms with van der Waals surface area (Å²) in [5, 5.41) is 0. The Labute approximate surface area is 74.0 Å². The molecule has 1 aromatic heterocycles. The normalized spacial score (nSPS) is 12.1. The maximum absolute atomic E-state index is 4.12. The number of nitrogens with zero attached hydrogens (tertiary/aromatic N) is 1. The Hall–Kier alpha value is -0.687. The Morgan fingerprint density at radius 3 is 3.09 bits per heavy atom. The van der Waals surface area contributed by atoms with E-state index in [1.807, 2.05) is 25.3 Å². The van der Waals surface area contributed by atoms with Crippen LogP contribution in [0.5, 0.6) is 0 Å². The van der Waals surface area contributed by atoms with E-state index in [4.69, 9.17) is 0 Å². The molecule has 0 saturated carbocycles. The Kier molecular flexibility index (Phi) is 3.85. The van der Waals surface area contributed by atoms with Gasteiger partial charge in [0.2, 0.25) is 0 Å². The van der Waals surface area contributed by atoms with E-state index in [9.17, 15) is 0 Å². The van der Waals surface area contributed by atoms with Gasteiger partial charge in [-0.25, -0.2) is 0 Å². The molecule has 2 nitrogen and oxygen atoms in total. The summed E-state index contributed by atoms with van der Waals surface area (Å²) in [5.74, 6) is 0. The van der Waals surface area contributed by atoms with Gasteiger partial charge in [-0.2, -0.15) is 0 Å². The zero-order valence-electron chi connectivity index (χ0n) is 6.26. The average Bonchev–Trinajstić information content (AvgIpc) is 2.50. The third-order valence-corrected chi connectivity index (χ3v) is 2.56. The van der Waals surface area contributed by atoms with Crippen LogP contribution in [0, 0.1) is 0 Å². The second kappa shape index (κ2) is 5.03. The number of nitrogens with one attached hydrogen (secondary N) is 1. The van der Waals surface area contributed by atoms with Crippen LogP contribution < -0.4 is 4.42 Å². The average molecular weight is 235 g/mol. The molecule has 0 bridgehead atoms. The van der Waals surface area contributed by atoms with Crippen molar-refractivity contribution in [3.05, 3.63) is 35.3 Å². The first-order valence-electron chi connectivity index (χ1n) is 3.31. The molecule has 1 aromatic rings. The molecule has 0 aromatic carbocycles. The molecule has 60 valence electrons. The van der Waals surface area contributed by atoms with Crippen LogP contribution in [-0.2, 0) is 17.1 Å². The predicted octanol–water partition coefficient (Wildman–Crippen LogP) is 1.21. The molecule has 0 fully saturated rings. The molecule has 0 aliphatic carbocycles. The number of aromatic nitrogens is 2. The van der Waals surface area contributed by atoms with Crippen molar-refractivity contribution in [2.75, 3.05) is 0 Å². The third-order valence-electron chi connectivity index (χ3n) is 0.985. The molecule has 0 spiro atoms. The molecule has 11 heavy (non-hydrogen) atoms. The van der Waals surface area contributed by atoms with Crippen molar-refractivity contribution in [3.63, 3.8) is 0 Å². The SMILES string of the molecule is CC=CC=[CH][Ru][c]1ncc[nH]1. The van der Waals surface area contributed by atoms with Crippen LogP contribution in [0.1, 0.15) is 6.92 Å². The van der Waals surface area contributed by atoms with Gasteiger partial charge in [0, 0.05) is 0 Å². The summed E-state index contributed by atoms with van der Waals surface area (Å²) in [6, 6.07) is 0. The summed E-state index contributed by atoms with van der Waals surface area (Å²) >= 11 is 0.120. The molecule has 1 heterocycles. The van der Waals surface area contributed by atoms with Crippen LogP contribution in [0.25, 0.3) is 0 Å². The topological polar surface area (TPSA) is 28.7 Å². The Balaban J connectivity index is 2.34. The Bertz CT molecular complexity index is 237. The number of rotatable bonds is 3. The second-order valence-electron chi connectivity index (χ2n) is 1.81. The van der Waals surface area contributed by atoms with E-state index in [-0.39, 0.29) is 17.1 Å². The van der Waals surface area contributed by atoms with Gasteiger partial charge in [-0.15, -0.1) is 0 Å². The molecule has 1 N–H and O–H groups in total. The van der Waals surface area contributed by atoms with Crippen LogP contribution in [0.4, 0.5) is 0 Å². The first kappa shape index (κ1) is 8.41. The van der Waals surface area contributed by atoms with Crippen molar-refractivity contribution in [2.24, 2.45) is 0 Å². The zero-order chi connectivity index (χ0) is 7.94. The van der Waals surface area contributed by atoms with Crippen molar-refractivity contribution in [1.82, 2.24) is 9.97 Å². The van der Waals surface area contributed by atoms with E-state index in [1.54, 1.807) is 6.20 Å². The van der Waals surface area contributed by atoms with E-state index in [1.165, 1.54) is 0 Å². The van der Waals surface area contributed by atoms with Crippen molar-refractivity contribution >= 4 is 4.42 Å². The molecular formula is C8H10N2Ru. The number of imidazole rings is 1. The first-order valence-corrected chi connectivity index (χ1v) is 5.18. The molecule has 0 saturated heterocycles. The van der Waals surface area contributed by atoms with Crippen LogP contribution in [-0.4, -0.2) is 9.97 Å². The van der Waals surface area contributed by atoms with Gasteiger partial charge in [-0.3, -0.25) is 0 Å². The monoisotopic (exact) mass is 236 g/mol. The number of aromatic amines is 1. The molecule has 0 atom stereocenters. The minimum atomic E-state index is 0.120. The fourth-order valence-electron chi connectivity index (χ4n) is 0.538. The molecule has 3 heteroatoms.